The molecule has 3 heterocycles. The summed E-state index contributed by atoms with van der Waals surface area (Å²) in [7, 11) is 0. The van der Waals surface area contributed by atoms with Crippen molar-refractivity contribution < 1.29 is 4.74 Å². The fourth-order valence-electron chi connectivity index (χ4n) is 2.71. The summed E-state index contributed by atoms with van der Waals surface area (Å²) in [6.07, 6.45) is 4.87. The highest BCUT2D eigenvalue weighted by molar-refractivity contribution is 9.10. The molecule has 0 N–H and O–H groups in total. The van der Waals surface area contributed by atoms with Crippen molar-refractivity contribution >= 4 is 27.3 Å². The number of nitrogens with zero attached hydrogens (tertiary/aromatic N) is 2. The van der Waals surface area contributed by atoms with Crippen molar-refractivity contribution in [1.29, 1.82) is 0 Å². The molecular weight excluding hydrogens is 348 g/mol. The highest BCUT2D eigenvalue weighted by Crippen LogP contribution is 2.34. The smallest absolute Gasteiger partial charge is 0.150 e. The van der Waals surface area contributed by atoms with Gasteiger partial charge in [0.15, 0.2) is 0 Å². The third-order valence-electron chi connectivity index (χ3n) is 3.62. The molecule has 0 aliphatic carbocycles. The summed E-state index contributed by atoms with van der Waals surface area (Å²) in [5.41, 5.74) is 2.49. The van der Waals surface area contributed by atoms with Crippen molar-refractivity contribution in [2.75, 3.05) is 6.61 Å². The first kappa shape index (κ1) is 13.1. The number of imidazole rings is 1. The first-order valence-electron chi connectivity index (χ1n) is 6.80. The van der Waals surface area contributed by atoms with Gasteiger partial charge in [-0.25, -0.2) is 4.98 Å². The molecule has 5 heteroatoms. The van der Waals surface area contributed by atoms with Gasteiger partial charge in [0.2, 0.25) is 0 Å². The Morgan fingerprint density at radius 3 is 3.19 bits per heavy atom. The van der Waals surface area contributed by atoms with E-state index in [0.717, 1.165) is 35.6 Å². The maximum absolute atomic E-state index is 5.81. The number of aromatic nitrogens is 2. The highest BCUT2D eigenvalue weighted by Gasteiger charge is 2.18. The van der Waals surface area contributed by atoms with Crippen LogP contribution in [0.15, 0.2) is 46.5 Å². The highest BCUT2D eigenvalue weighted by atomic mass is 79.9. The van der Waals surface area contributed by atoms with Crippen molar-refractivity contribution in [2.24, 2.45) is 0 Å². The Labute approximate surface area is 135 Å². The minimum Gasteiger partial charge on any atom is -0.493 e. The van der Waals surface area contributed by atoms with E-state index in [1.54, 1.807) is 11.3 Å². The van der Waals surface area contributed by atoms with Crippen LogP contribution in [0.1, 0.15) is 11.1 Å². The fraction of sp³-hybridized carbons (Fsp3) is 0.188. The van der Waals surface area contributed by atoms with Crippen LogP contribution in [0.3, 0.4) is 0 Å². The van der Waals surface area contributed by atoms with Crippen molar-refractivity contribution in [3.8, 4) is 16.5 Å². The summed E-state index contributed by atoms with van der Waals surface area (Å²) in [6, 6.07) is 8.45. The van der Waals surface area contributed by atoms with Gasteiger partial charge in [-0.15, -0.1) is 11.3 Å². The van der Waals surface area contributed by atoms with E-state index in [1.165, 1.54) is 16.0 Å². The number of thiophene rings is 1. The fourth-order valence-corrected chi connectivity index (χ4v) is 4.00. The SMILES string of the molecule is Brc1cc2c(c(Cn3ccnc3-c3cccs3)c1)OCC2. The molecule has 1 aliphatic rings. The van der Waals surface area contributed by atoms with E-state index in [1.807, 2.05) is 12.4 Å². The number of rotatable bonds is 3. The minimum absolute atomic E-state index is 0.773. The summed E-state index contributed by atoms with van der Waals surface area (Å²) in [5.74, 6) is 2.06. The van der Waals surface area contributed by atoms with Gasteiger partial charge in [-0.3, -0.25) is 0 Å². The van der Waals surface area contributed by atoms with Crippen molar-refractivity contribution in [2.45, 2.75) is 13.0 Å². The van der Waals surface area contributed by atoms with Crippen LogP contribution in [0.5, 0.6) is 5.75 Å². The molecule has 0 saturated heterocycles. The Hall–Kier alpha value is -1.59. The van der Waals surface area contributed by atoms with E-state index in [4.69, 9.17) is 4.74 Å². The Balaban J connectivity index is 1.74. The van der Waals surface area contributed by atoms with Crippen LogP contribution in [0.25, 0.3) is 10.7 Å². The summed E-state index contributed by atoms with van der Waals surface area (Å²) in [4.78, 5) is 5.68. The largest absolute Gasteiger partial charge is 0.493 e. The molecule has 0 unspecified atom stereocenters. The predicted octanol–water partition coefficient (Wildman–Crippen LogP) is 4.36. The monoisotopic (exact) mass is 360 g/mol. The zero-order valence-corrected chi connectivity index (χ0v) is 13.7. The third kappa shape index (κ3) is 2.40. The van der Waals surface area contributed by atoms with E-state index in [2.05, 4.69) is 55.1 Å². The van der Waals surface area contributed by atoms with Crippen molar-refractivity contribution in [3.05, 3.63) is 57.6 Å². The first-order valence-corrected chi connectivity index (χ1v) is 8.47. The number of fused-ring (bicyclic) bond motifs is 1. The van der Waals surface area contributed by atoms with E-state index >= 15 is 0 Å². The molecule has 4 rings (SSSR count). The van der Waals surface area contributed by atoms with Crippen molar-refractivity contribution in [1.82, 2.24) is 9.55 Å². The van der Waals surface area contributed by atoms with Gasteiger partial charge in [-0.1, -0.05) is 22.0 Å². The van der Waals surface area contributed by atoms with Gasteiger partial charge in [0.25, 0.3) is 0 Å². The van der Waals surface area contributed by atoms with Gasteiger partial charge in [-0.05, 0) is 29.1 Å². The van der Waals surface area contributed by atoms with Crippen LogP contribution in [0.4, 0.5) is 0 Å². The molecule has 3 aromatic rings. The topological polar surface area (TPSA) is 27.1 Å². The lowest BCUT2D eigenvalue weighted by Gasteiger charge is -2.11. The Morgan fingerprint density at radius 1 is 1.38 bits per heavy atom. The molecule has 0 amide bonds. The molecule has 1 aliphatic heterocycles. The quantitative estimate of drug-likeness (QED) is 0.693. The zero-order valence-electron chi connectivity index (χ0n) is 11.3. The summed E-state index contributed by atoms with van der Waals surface area (Å²) in [6.45, 7) is 1.55. The average Bonchev–Trinajstić information content (AvgIpc) is 3.18. The maximum Gasteiger partial charge on any atom is 0.150 e. The summed E-state index contributed by atoms with van der Waals surface area (Å²) in [5, 5.41) is 2.08. The molecule has 0 saturated carbocycles. The third-order valence-corrected chi connectivity index (χ3v) is 4.95. The maximum atomic E-state index is 5.81. The van der Waals surface area contributed by atoms with E-state index in [9.17, 15) is 0 Å². The van der Waals surface area contributed by atoms with Gasteiger partial charge >= 0.3 is 0 Å². The standard InChI is InChI=1S/C16H13BrN2OS/c17-13-8-11-3-6-20-15(11)12(9-13)10-19-5-4-18-16(19)14-2-1-7-21-14/h1-2,4-5,7-9H,3,6,10H2. The Kier molecular flexibility index (Phi) is 3.31. The second kappa shape index (κ2) is 5.31. The van der Waals surface area contributed by atoms with Crippen LogP contribution in [-0.2, 0) is 13.0 Å². The van der Waals surface area contributed by atoms with Gasteiger partial charge in [0, 0.05) is 28.9 Å². The van der Waals surface area contributed by atoms with Crippen LogP contribution >= 0.6 is 27.3 Å². The Morgan fingerprint density at radius 2 is 2.33 bits per heavy atom. The molecule has 0 radical (unpaired) electrons. The number of benzene rings is 1. The van der Waals surface area contributed by atoms with Crippen LogP contribution in [0, 0.1) is 0 Å². The zero-order chi connectivity index (χ0) is 14.2. The minimum atomic E-state index is 0.773. The molecule has 2 aromatic heterocycles. The van der Waals surface area contributed by atoms with Crippen molar-refractivity contribution in [3.63, 3.8) is 0 Å². The number of ether oxygens (including phenoxy) is 1. The van der Waals surface area contributed by atoms with Crippen LogP contribution in [0.2, 0.25) is 0 Å². The molecule has 106 valence electrons. The van der Waals surface area contributed by atoms with Gasteiger partial charge in [0.1, 0.15) is 11.6 Å². The number of hydrogen-bond donors (Lipinski definition) is 0. The molecule has 1 aromatic carbocycles. The van der Waals surface area contributed by atoms with Gasteiger partial charge < -0.3 is 9.30 Å². The second-order valence-electron chi connectivity index (χ2n) is 5.01. The first-order chi connectivity index (χ1) is 10.3. The van der Waals surface area contributed by atoms with Crippen LogP contribution < -0.4 is 4.74 Å². The van der Waals surface area contributed by atoms with E-state index in [0.29, 0.717) is 0 Å². The molecule has 0 bridgehead atoms. The van der Waals surface area contributed by atoms with E-state index in [-0.39, 0.29) is 0 Å². The van der Waals surface area contributed by atoms with Gasteiger partial charge in [0.05, 0.1) is 18.0 Å². The normalized spacial score (nSPS) is 13.2. The van der Waals surface area contributed by atoms with Crippen LogP contribution in [-0.4, -0.2) is 16.2 Å². The lowest BCUT2D eigenvalue weighted by atomic mass is 10.1. The molecule has 21 heavy (non-hydrogen) atoms. The lowest BCUT2D eigenvalue weighted by Crippen LogP contribution is -2.02. The molecular formula is C16H13BrN2OS. The lowest BCUT2D eigenvalue weighted by molar-refractivity contribution is 0.352. The Bertz CT molecular complexity index is 780. The molecule has 0 spiro atoms. The van der Waals surface area contributed by atoms with Gasteiger partial charge in [-0.2, -0.15) is 0 Å². The number of hydrogen-bond acceptors (Lipinski definition) is 3. The summed E-state index contributed by atoms with van der Waals surface area (Å²) < 4.78 is 9.10. The molecule has 3 nitrogen and oxygen atoms in total. The summed E-state index contributed by atoms with van der Waals surface area (Å²) >= 11 is 5.31. The molecule has 0 fully saturated rings. The second-order valence-corrected chi connectivity index (χ2v) is 6.87. The number of halogens is 1. The predicted molar refractivity (Wildman–Crippen MR) is 88.0 cm³/mol. The van der Waals surface area contributed by atoms with E-state index < -0.39 is 0 Å². The average molecular weight is 361 g/mol. The molecule has 0 atom stereocenters.